The first-order valence-corrected chi connectivity index (χ1v) is 14.9. The fraction of sp³-hybridized carbons (Fsp3) is 0.424. The molecular formula is C33H40N6O3. The minimum absolute atomic E-state index is 0.120. The van der Waals surface area contributed by atoms with Crippen LogP contribution in [0.15, 0.2) is 48.8 Å². The van der Waals surface area contributed by atoms with Gasteiger partial charge in [0.2, 0.25) is 0 Å². The van der Waals surface area contributed by atoms with Gasteiger partial charge in [-0.2, -0.15) is 0 Å². The topological polar surface area (TPSA) is 97.8 Å². The lowest BCUT2D eigenvalue weighted by molar-refractivity contribution is 0.0326. The number of fused-ring (bicyclic) bond motifs is 2. The van der Waals surface area contributed by atoms with E-state index in [0.29, 0.717) is 5.56 Å². The lowest BCUT2D eigenvalue weighted by Gasteiger charge is -2.33. The fourth-order valence-electron chi connectivity index (χ4n) is 6.17. The van der Waals surface area contributed by atoms with E-state index in [9.17, 15) is 9.90 Å². The number of aliphatic hydroxyl groups excluding tert-OH is 1. The molecule has 4 aromatic rings. The number of aliphatic hydroxyl groups is 1. The summed E-state index contributed by atoms with van der Waals surface area (Å²) in [5.74, 6) is -0.120. The molecular weight excluding hydrogens is 528 g/mol. The number of aromatic amines is 1. The molecule has 9 heteroatoms. The first kappa shape index (κ1) is 28.5. The normalized spacial score (nSPS) is 16.9. The molecule has 1 fully saturated rings. The number of nitrogens with zero attached hydrogens (tertiary/aromatic N) is 5. The summed E-state index contributed by atoms with van der Waals surface area (Å²) < 4.78 is 5.50. The van der Waals surface area contributed by atoms with Crippen molar-refractivity contribution < 1.29 is 14.6 Å². The van der Waals surface area contributed by atoms with Crippen LogP contribution in [0.2, 0.25) is 0 Å². The summed E-state index contributed by atoms with van der Waals surface area (Å²) in [6, 6.07) is 12.1. The number of amides is 1. The minimum atomic E-state index is -0.574. The molecule has 220 valence electrons. The van der Waals surface area contributed by atoms with Crippen LogP contribution in [0, 0.1) is 6.92 Å². The molecule has 0 bridgehead atoms. The SMILES string of the molecule is Cc1cc(-c2cnc3[nH]cc(-c4ccc(C(=O)N(C)C[C@@H](C)O)cc4)c3n2)cc2c1CCN(CCN1CCOCC1)C2. The van der Waals surface area contributed by atoms with Gasteiger partial charge in [-0.05, 0) is 66.8 Å². The molecule has 1 atom stereocenters. The van der Waals surface area contributed by atoms with Crippen molar-refractivity contribution >= 4 is 17.1 Å². The lowest BCUT2D eigenvalue weighted by Crippen LogP contribution is -2.42. The van der Waals surface area contributed by atoms with Crippen LogP contribution >= 0.6 is 0 Å². The van der Waals surface area contributed by atoms with Gasteiger partial charge in [0.1, 0.15) is 5.52 Å². The average Bonchev–Trinajstić information content (AvgIpc) is 3.43. The van der Waals surface area contributed by atoms with Crippen LogP contribution in [0.1, 0.15) is 34.0 Å². The number of ether oxygens (including phenoxy) is 1. The molecule has 0 saturated carbocycles. The molecule has 2 aromatic heterocycles. The molecule has 1 saturated heterocycles. The van der Waals surface area contributed by atoms with Crippen molar-refractivity contribution in [2.75, 3.05) is 59.5 Å². The summed E-state index contributed by atoms with van der Waals surface area (Å²) >= 11 is 0. The van der Waals surface area contributed by atoms with Gasteiger partial charge in [0.05, 0.1) is 31.2 Å². The summed E-state index contributed by atoms with van der Waals surface area (Å²) in [6.07, 6.45) is 4.28. The number of carbonyl (C=O) groups is 1. The minimum Gasteiger partial charge on any atom is -0.392 e. The number of rotatable bonds is 8. The second-order valence-corrected chi connectivity index (χ2v) is 11.7. The third-order valence-corrected chi connectivity index (χ3v) is 8.48. The van der Waals surface area contributed by atoms with E-state index in [-0.39, 0.29) is 12.5 Å². The summed E-state index contributed by atoms with van der Waals surface area (Å²) in [4.78, 5) is 32.4. The highest BCUT2D eigenvalue weighted by atomic mass is 16.5. The van der Waals surface area contributed by atoms with Crippen LogP contribution in [0.5, 0.6) is 0 Å². The third-order valence-electron chi connectivity index (χ3n) is 8.48. The molecule has 2 aliphatic rings. The summed E-state index contributed by atoms with van der Waals surface area (Å²) in [5, 5.41) is 9.63. The zero-order valence-electron chi connectivity index (χ0n) is 24.8. The van der Waals surface area contributed by atoms with Gasteiger partial charge in [-0.25, -0.2) is 9.97 Å². The van der Waals surface area contributed by atoms with Crippen LogP contribution in [0.3, 0.4) is 0 Å². The van der Waals surface area contributed by atoms with Crippen molar-refractivity contribution in [3.63, 3.8) is 0 Å². The van der Waals surface area contributed by atoms with E-state index >= 15 is 0 Å². The number of likely N-dealkylation sites (N-methyl/N-ethyl adjacent to an activating group) is 1. The number of aromatic nitrogens is 3. The van der Waals surface area contributed by atoms with E-state index < -0.39 is 6.10 Å². The van der Waals surface area contributed by atoms with Gasteiger partial charge in [0.25, 0.3) is 5.91 Å². The first-order valence-electron chi connectivity index (χ1n) is 14.9. The van der Waals surface area contributed by atoms with Gasteiger partial charge in [-0.15, -0.1) is 0 Å². The second kappa shape index (κ2) is 12.3. The van der Waals surface area contributed by atoms with Crippen molar-refractivity contribution in [2.45, 2.75) is 32.9 Å². The Kier molecular flexibility index (Phi) is 8.35. The molecule has 2 aliphatic heterocycles. The molecule has 1 amide bonds. The van der Waals surface area contributed by atoms with E-state index in [2.05, 4.69) is 33.8 Å². The molecule has 42 heavy (non-hydrogen) atoms. The Bertz CT molecular complexity index is 1560. The molecule has 0 unspecified atom stereocenters. The van der Waals surface area contributed by atoms with Crippen LogP contribution < -0.4 is 0 Å². The van der Waals surface area contributed by atoms with E-state index in [1.54, 1.807) is 14.0 Å². The quantitative estimate of drug-likeness (QED) is 0.334. The maximum atomic E-state index is 12.7. The van der Waals surface area contributed by atoms with Crippen molar-refractivity contribution in [2.24, 2.45) is 0 Å². The van der Waals surface area contributed by atoms with Crippen molar-refractivity contribution in [3.05, 3.63) is 71.0 Å². The molecule has 0 aliphatic carbocycles. The number of hydrogen-bond donors (Lipinski definition) is 2. The Hall–Kier alpha value is -3.63. The van der Waals surface area contributed by atoms with Crippen LogP contribution in [0.4, 0.5) is 0 Å². The zero-order chi connectivity index (χ0) is 29.2. The van der Waals surface area contributed by atoms with E-state index in [0.717, 1.165) is 92.5 Å². The van der Waals surface area contributed by atoms with Gasteiger partial charge in [-0.1, -0.05) is 12.1 Å². The molecule has 4 heterocycles. The highest BCUT2D eigenvalue weighted by Crippen LogP contribution is 2.32. The number of aryl methyl sites for hydroxylation is 1. The third kappa shape index (κ3) is 6.10. The Balaban J connectivity index is 1.22. The van der Waals surface area contributed by atoms with E-state index in [1.165, 1.54) is 21.6 Å². The molecule has 6 rings (SSSR count). The lowest BCUT2D eigenvalue weighted by atomic mass is 9.92. The molecule has 2 N–H and O–H groups in total. The number of benzene rings is 2. The van der Waals surface area contributed by atoms with Crippen molar-refractivity contribution in [1.29, 1.82) is 0 Å². The maximum Gasteiger partial charge on any atom is 0.253 e. The van der Waals surface area contributed by atoms with Crippen molar-refractivity contribution in [1.82, 2.24) is 29.7 Å². The maximum absolute atomic E-state index is 12.7. The van der Waals surface area contributed by atoms with Gasteiger partial charge < -0.3 is 19.7 Å². The Morgan fingerprint density at radius 3 is 2.62 bits per heavy atom. The number of H-pyrrole nitrogens is 1. The molecule has 9 nitrogen and oxygen atoms in total. The average molecular weight is 569 g/mol. The fourth-order valence-corrected chi connectivity index (χ4v) is 6.17. The highest BCUT2D eigenvalue weighted by Gasteiger charge is 2.21. The Morgan fingerprint density at radius 2 is 1.86 bits per heavy atom. The highest BCUT2D eigenvalue weighted by molar-refractivity contribution is 5.96. The zero-order valence-corrected chi connectivity index (χ0v) is 24.8. The number of nitrogens with one attached hydrogen (secondary N) is 1. The standard InChI is InChI=1S/C33H40N6O3/c1-22-16-26(17-27-21-39(9-8-28(22)27)11-10-38-12-14-42-15-13-38)30-19-35-32-31(36-30)29(18-34-32)24-4-6-25(7-5-24)33(41)37(3)20-23(2)40/h4-7,16-19,23,40H,8-15,20-21H2,1-3H3,(H,34,35)/t23-/m1/s1. The summed E-state index contributed by atoms with van der Waals surface area (Å²) in [6.45, 7) is 12.1. The van der Waals surface area contributed by atoms with Crippen LogP contribution in [-0.4, -0.2) is 106 Å². The summed E-state index contributed by atoms with van der Waals surface area (Å²) in [5.41, 5.74) is 10.1. The largest absolute Gasteiger partial charge is 0.392 e. The van der Waals surface area contributed by atoms with Crippen LogP contribution in [-0.2, 0) is 17.7 Å². The predicted molar refractivity (Wildman–Crippen MR) is 164 cm³/mol. The second-order valence-electron chi connectivity index (χ2n) is 11.7. The van der Waals surface area contributed by atoms with E-state index in [4.69, 9.17) is 14.7 Å². The molecule has 0 radical (unpaired) electrons. The number of hydrogen-bond acceptors (Lipinski definition) is 7. The number of carbonyl (C=O) groups excluding carboxylic acids is 1. The number of morpholine rings is 1. The Morgan fingerprint density at radius 1 is 1.10 bits per heavy atom. The van der Waals surface area contributed by atoms with Crippen molar-refractivity contribution in [3.8, 4) is 22.4 Å². The monoisotopic (exact) mass is 568 g/mol. The first-order chi connectivity index (χ1) is 20.4. The van der Waals surface area contributed by atoms with E-state index in [1.807, 2.05) is 36.7 Å². The van der Waals surface area contributed by atoms with Crippen LogP contribution in [0.25, 0.3) is 33.5 Å². The smallest absolute Gasteiger partial charge is 0.253 e. The molecule has 0 spiro atoms. The predicted octanol–water partition coefficient (Wildman–Crippen LogP) is 3.74. The Labute approximate surface area is 247 Å². The van der Waals surface area contributed by atoms with Gasteiger partial charge >= 0.3 is 0 Å². The van der Waals surface area contributed by atoms with Gasteiger partial charge in [0, 0.05) is 75.7 Å². The molecule has 2 aromatic carbocycles. The van der Waals surface area contributed by atoms with Gasteiger partial charge in [-0.3, -0.25) is 14.6 Å². The van der Waals surface area contributed by atoms with Gasteiger partial charge in [0.15, 0.2) is 5.65 Å². The summed E-state index contributed by atoms with van der Waals surface area (Å²) in [7, 11) is 1.70.